The van der Waals surface area contributed by atoms with Crippen molar-refractivity contribution >= 4 is 5.91 Å². The topological polar surface area (TPSA) is 87.8 Å². The van der Waals surface area contributed by atoms with Crippen molar-refractivity contribution in [3.8, 4) is 0 Å². The number of aliphatic hydroxyl groups is 1. The molecule has 7 nitrogen and oxygen atoms in total. The summed E-state index contributed by atoms with van der Waals surface area (Å²) >= 11 is 0. The number of fused-ring (bicyclic) bond motifs is 1. The molecule has 0 saturated carbocycles. The standard InChI is InChI=1S/C16H25N3O4/c1-10-14(23-9-18-10)15(20)19-5-4-12-11(7-19)6-16(2,21)13(17-3)8-22-12/h9,11-13,17,21H,4-8H2,1-3H3/t11-,12+,13+,16+/m0/s1. The van der Waals surface area contributed by atoms with E-state index in [1.165, 1.54) is 6.39 Å². The molecule has 0 bridgehead atoms. The molecule has 0 aromatic carbocycles. The molecular formula is C16H25N3O4. The average Bonchev–Trinajstić information content (AvgIpc) is 2.88. The van der Waals surface area contributed by atoms with E-state index < -0.39 is 5.60 Å². The zero-order chi connectivity index (χ0) is 16.6. The van der Waals surface area contributed by atoms with Gasteiger partial charge in [-0.25, -0.2) is 4.98 Å². The lowest BCUT2D eigenvalue weighted by molar-refractivity contribution is -0.0223. The highest BCUT2D eigenvalue weighted by Gasteiger charge is 2.43. The number of hydrogen-bond donors (Lipinski definition) is 2. The molecule has 4 atom stereocenters. The number of nitrogens with zero attached hydrogens (tertiary/aromatic N) is 2. The third-order valence-electron chi connectivity index (χ3n) is 5.14. The van der Waals surface area contributed by atoms with Gasteiger partial charge in [-0.15, -0.1) is 0 Å². The molecule has 2 saturated heterocycles. The van der Waals surface area contributed by atoms with Crippen LogP contribution < -0.4 is 5.32 Å². The zero-order valence-corrected chi connectivity index (χ0v) is 13.9. The third-order valence-corrected chi connectivity index (χ3v) is 5.14. The van der Waals surface area contributed by atoms with Crippen LogP contribution in [0.15, 0.2) is 10.8 Å². The summed E-state index contributed by atoms with van der Waals surface area (Å²) in [5.74, 6) is 0.287. The number of carbonyl (C=O) groups excluding carboxylic acids is 1. The molecule has 1 aromatic rings. The van der Waals surface area contributed by atoms with Crippen molar-refractivity contribution in [1.29, 1.82) is 0 Å². The van der Waals surface area contributed by atoms with Gasteiger partial charge in [-0.05, 0) is 33.7 Å². The van der Waals surface area contributed by atoms with Crippen molar-refractivity contribution < 1.29 is 19.1 Å². The number of rotatable bonds is 2. The van der Waals surface area contributed by atoms with Gasteiger partial charge in [-0.3, -0.25) is 4.79 Å². The smallest absolute Gasteiger partial charge is 0.291 e. The van der Waals surface area contributed by atoms with Crippen molar-refractivity contribution in [2.45, 2.75) is 44.4 Å². The maximum absolute atomic E-state index is 12.6. The minimum Gasteiger partial charge on any atom is -0.438 e. The zero-order valence-electron chi connectivity index (χ0n) is 13.9. The second-order valence-electron chi connectivity index (χ2n) is 6.84. The highest BCUT2D eigenvalue weighted by atomic mass is 16.5. The summed E-state index contributed by atoms with van der Waals surface area (Å²) in [6.45, 7) is 5.28. The maximum Gasteiger partial charge on any atom is 0.291 e. The van der Waals surface area contributed by atoms with Gasteiger partial charge in [0.25, 0.3) is 5.91 Å². The van der Waals surface area contributed by atoms with Gasteiger partial charge in [0.2, 0.25) is 5.76 Å². The molecule has 0 radical (unpaired) electrons. The monoisotopic (exact) mass is 323 g/mol. The first kappa shape index (κ1) is 16.4. The van der Waals surface area contributed by atoms with Crippen LogP contribution in [0.5, 0.6) is 0 Å². The number of oxazole rings is 1. The first-order chi connectivity index (χ1) is 10.9. The van der Waals surface area contributed by atoms with Crippen molar-refractivity contribution in [3.05, 3.63) is 17.8 Å². The van der Waals surface area contributed by atoms with E-state index in [1.807, 2.05) is 14.0 Å². The highest BCUT2D eigenvalue weighted by molar-refractivity contribution is 5.92. The van der Waals surface area contributed by atoms with Gasteiger partial charge >= 0.3 is 0 Å². The van der Waals surface area contributed by atoms with Crippen LogP contribution in [-0.2, 0) is 4.74 Å². The Morgan fingerprint density at radius 1 is 1.57 bits per heavy atom. The minimum atomic E-state index is -0.859. The molecule has 128 valence electrons. The first-order valence-electron chi connectivity index (χ1n) is 8.13. The number of likely N-dealkylation sites (tertiary alicyclic amines) is 1. The molecule has 2 fully saturated rings. The quantitative estimate of drug-likeness (QED) is 0.827. The summed E-state index contributed by atoms with van der Waals surface area (Å²) in [4.78, 5) is 18.4. The van der Waals surface area contributed by atoms with Crippen LogP contribution in [-0.4, -0.2) is 65.4 Å². The van der Waals surface area contributed by atoms with E-state index in [4.69, 9.17) is 9.15 Å². The summed E-state index contributed by atoms with van der Waals surface area (Å²) in [6.07, 6.45) is 2.75. The Morgan fingerprint density at radius 3 is 3.00 bits per heavy atom. The largest absolute Gasteiger partial charge is 0.438 e. The Labute approximate surface area is 136 Å². The number of aryl methyl sites for hydroxylation is 1. The van der Waals surface area contributed by atoms with Crippen molar-refractivity contribution in [2.75, 3.05) is 26.7 Å². The summed E-state index contributed by atoms with van der Waals surface area (Å²) in [6, 6.07) is -0.103. The molecule has 1 amide bonds. The van der Waals surface area contributed by atoms with E-state index in [-0.39, 0.29) is 24.0 Å². The van der Waals surface area contributed by atoms with Crippen LogP contribution in [0.25, 0.3) is 0 Å². The fourth-order valence-corrected chi connectivity index (χ4v) is 3.73. The molecule has 0 aliphatic carbocycles. The summed E-state index contributed by atoms with van der Waals surface area (Å²) < 4.78 is 11.2. The Hall–Kier alpha value is -1.44. The average molecular weight is 323 g/mol. The number of carbonyl (C=O) groups is 1. The molecule has 1 aromatic heterocycles. The number of aromatic nitrogens is 1. The second kappa shape index (κ2) is 6.22. The van der Waals surface area contributed by atoms with Crippen LogP contribution in [0, 0.1) is 12.8 Å². The highest BCUT2D eigenvalue weighted by Crippen LogP contribution is 2.33. The molecule has 7 heteroatoms. The molecule has 3 rings (SSSR count). The van der Waals surface area contributed by atoms with Crippen molar-refractivity contribution in [2.24, 2.45) is 5.92 Å². The lowest BCUT2D eigenvalue weighted by Crippen LogP contribution is -2.51. The molecular weight excluding hydrogens is 298 g/mol. The number of ether oxygens (including phenoxy) is 1. The van der Waals surface area contributed by atoms with Gasteiger partial charge in [-0.2, -0.15) is 0 Å². The molecule has 2 N–H and O–H groups in total. The lowest BCUT2D eigenvalue weighted by atomic mass is 9.82. The summed E-state index contributed by atoms with van der Waals surface area (Å²) in [7, 11) is 1.83. The van der Waals surface area contributed by atoms with Gasteiger partial charge in [0.15, 0.2) is 6.39 Å². The van der Waals surface area contributed by atoms with Crippen LogP contribution in [0.3, 0.4) is 0 Å². The maximum atomic E-state index is 12.6. The van der Waals surface area contributed by atoms with E-state index in [0.717, 1.165) is 6.42 Å². The van der Waals surface area contributed by atoms with Crippen molar-refractivity contribution in [3.63, 3.8) is 0 Å². The van der Waals surface area contributed by atoms with Gasteiger partial charge in [-0.1, -0.05) is 0 Å². The van der Waals surface area contributed by atoms with Crippen LogP contribution in [0.1, 0.15) is 36.0 Å². The number of hydrogen-bond acceptors (Lipinski definition) is 6. The van der Waals surface area contributed by atoms with E-state index in [1.54, 1.807) is 11.8 Å². The fourth-order valence-electron chi connectivity index (χ4n) is 3.73. The fraction of sp³-hybridized carbons (Fsp3) is 0.750. The van der Waals surface area contributed by atoms with E-state index in [9.17, 15) is 9.90 Å². The molecule has 23 heavy (non-hydrogen) atoms. The van der Waals surface area contributed by atoms with Crippen LogP contribution >= 0.6 is 0 Å². The molecule has 0 spiro atoms. The third kappa shape index (κ3) is 3.13. The molecule has 3 heterocycles. The van der Waals surface area contributed by atoms with Crippen molar-refractivity contribution in [1.82, 2.24) is 15.2 Å². The van der Waals surface area contributed by atoms with Gasteiger partial charge in [0.1, 0.15) is 0 Å². The number of nitrogens with one attached hydrogen (secondary N) is 1. The van der Waals surface area contributed by atoms with Gasteiger partial charge in [0.05, 0.1) is 30.0 Å². The van der Waals surface area contributed by atoms with Gasteiger partial charge < -0.3 is 24.5 Å². The molecule has 0 unspecified atom stereocenters. The predicted molar refractivity (Wildman–Crippen MR) is 83.1 cm³/mol. The number of piperidine rings is 1. The van der Waals surface area contributed by atoms with E-state index in [0.29, 0.717) is 37.6 Å². The Balaban J connectivity index is 1.74. The first-order valence-corrected chi connectivity index (χ1v) is 8.13. The Morgan fingerprint density at radius 2 is 2.35 bits per heavy atom. The lowest BCUT2D eigenvalue weighted by Gasteiger charge is -2.38. The van der Waals surface area contributed by atoms with Crippen LogP contribution in [0.4, 0.5) is 0 Å². The van der Waals surface area contributed by atoms with E-state index in [2.05, 4.69) is 10.3 Å². The minimum absolute atomic E-state index is 0.0831. The van der Waals surface area contributed by atoms with Gasteiger partial charge in [0, 0.05) is 19.0 Å². The van der Waals surface area contributed by atoms with E-state index >= 15 is 0 Å². The Bertz CT molecular complexity index is 571. The van der Waals surface area contributed by atoms with Crippen LogP contribution in [0.2, 0.25) is 0 Å². The Kier molecular flexibility index (Phi) is 4.44. The summed E-state index contributed by atoms with van der Waals surface area (Å²) in [5, 5.41) is 13.9. The number of likely N-dealkylation sites (N-methyl/N-ethyl adjacent to an activating group) is 1. The molecule has 2 aliphatic rings. The normalized spacial score (nSPS) is 34.8. The SMILES string of the molecule is CN[C@@H]1CO[C@@H]2CCN(C(=O)c3ocnc3C)C[C@@H]2C[C@@]1(C)O. The molecule has 2 aliphatic heterocycles. The predicted octanol–water partition coefficient (Wildman–Crippen LogP) is 0.573. The second-order valence-corrected chi connectivity index (χ2v) is 6.84. The summed E-state index contributed by atoms with van der Waals surface area (Å²) in [5.41, 5.74) is -0.251. The number of amides is 1.